The van der Waals surface area contributed by atoms with E-state index in [9.17, 15) is 15.0 Å². The predicted molar refractivity (Wildman–Crippen MR) is 107 cm³/mol. The molecule has 1 aromatic heterocycles. The lowest BCUT2D eigenvalue weighted by Gasteiger charge is -2.25. The third kappa shape index (κ3) is 4.10. The van der Waals surface area contributed by atoms with Gasteiger partial charge in [-0.2, -0.15) is 0 Å². The summed E-state index contributed by atoms with van der Waals surface area (Å²) in [4.78, 5) is 22.9. The van der Waals surface area contributed by atoms with E-state index in [1.165, 1.54) is 0 Å². The van der Waals surface area contributed by atoms with Crippen molar-refractivity contribution in [1.29, 1.82) is 0 Å². The summed E-state index contributed by atoms with van der Waals surface area (Å²) in [5.74, 6) is -0.431. The Kier molecular flexibility index (Phi) is 6.28. The van der Waals surface area contributed by atoms with Gasteiger partial charge in [0.15, 0.2) is 17.1 Å². The minimum atomic E-state index is -1.08. The van der Waals surface area contributed by atoms with Crippen LogP contribution in [0.4, 0.5) is 5.82 Å². The van der Waals surface area contributed by atoms with Crippen LogP contribution in [0, 0.1) is 11.3 Å². The summed E-state index contributed by atoms with van der Waals surface area (Å²) in [6.45, 7) is 3.87. The molecule has 4 N–H and O–H groups in total. The third-order valence-corrected chi connectivity index (χ3v) is 5.53. The number of hydrogen-bond acceptors (Lipinski definition) is 8. The molecule has 0 amide bonds. The molecule has 0 aliphatic carbocycles. The summed E-state index contributed by atoms with van der Waals surface area (Å²) in [5, 5.41) is 34.4. The highest BCUT2D eigenvalue weighted by Gasteiger charge is 2.50. The number of carboxylic acids is 2. The highest BCUT2D eigenvalue weighted by atomic mass is 16.5. The fraction of sp³-hybridized carbons (Fsp3) is 0.450. The number of methoxy groups -OCH3 is 1. The van der Waals surface area contributed by atoms with Crippen LogP contribution in [0.1, 0.15) is 17.3 Å². The number of aromatic nitrogens is 1. The predicted octanol–water partition coefficient (Wildman–Crippen LogP) is 1.16. The lowest BCUT2D eigenvalue weighted by Crippen LogP contribution is -2.36. The maximum Gasteiger partial charge on any atom is 0.343 e. The van der Waals surface area contributed by atoms with E-state index in [1.807, 2.05) is 4.90 Å². The van der Waals surface area contributed by atoms with E-state index in [1.54, 1.807) is 31.4 Å². The lowest BCUT2D eigenvalue weighted by molar-refractivity contribution is -0.134. The highest BCUT2D eigenvalue weighted by Crippen LogP contribution is 2.42. The number of aromatic carboxylic acids is 1. The van der Waals surface area contributed by atoms with Crippen molar-refractivity contribution in [2.75, 3.05) is 44.8 Å². The number of aliphatic carboxylic acids is 1. The summed E-state index contributed by atoms with van der Waals surface area (Å²) < 4.78 is 10.6. The number of nitrogens with one attached hydrogen (secondary N) is 1. The van der Waals surface area contributed by atoms with Crippen LogP contribution in [0.3, 0.4) is 0 Å². The van der Waals surface area contributed by atoms with Gasteiger partial charge in [0, 0.05) is 44.1 Å². The molecule has 162 valence electrons. The topological polar surface area (TPSA) is 145 Å². The van der Waals surface area contributed by atoms with E-state index in [4.69, 9.17) is 19.2 Å². The van der Waals surface area contributed by atoms with Gasteiger partial charge in [0.1, 0.15) is 5.75 Å². The van der Waals surface area contributed by atoms with Crippen molar-refractivity contribution >= 4 is 17.8 Å². The molecule has 2 aromatic rings. The second-order valence-corrected chi connectivity index (χ2v) is 7.49. The Balaban J connectivity index is 0.000000589. The summed E-state index contributed by atoms with van der Waals surface area (Å²) in [6.07, 6.45) is 0. The van der Waals surface area contributed by atoms with E-state index in [0.29, 0.717) is 30.2 Å². The maximum absolute atomic E-state index is 11.9. The number of hydrogen-bond donors (Lipinski definition) is 4. The molecule has 2 aliphatic rings. The first-order valence-electron chi connectivity index (χ1n) is 9.44. The molecule has 3 heterocycles. The van der Waals surface area contributed by atoms with Crippen molar-refractivity contribution in [3.63, 3.8) is 0 Å². The zero-order valence-electron chi connectivity index (χ0n) is 16.8. The van der Waals surface area contributed by atoms with Crippen molar-refractivity contribution in [2.45, 2.75) is 6.92 Å². The van der Waals surface area contributed by atoms with Crippen molar-refractivity contribution in [3.05, 3.63) is 29.8 Å². The van der Waals surface area contributed by atoms with E-state index in [2.05, 4.69) is 10.5 Å². The third-order valence-electron chi connectivity index (χ3n) is 5.53. The van der Waals surface area contributed by atoms with Gasteiger partial charge in [-0.05, 0) is 30.2 Å². The lowest BCUT2D eigenvalue weighted by atomic mass is 9.82. The van der Waals surface area contributed by atoms with Crippen LogP contribution >= 0.6 is 0 Å². The van der Waals surface area contributed by atoms with Gasteiger partial charge < -0.3 is 34.8 Å². The van der Waals surface area contributed by atoms with Crippen LogP contribution < -0.4 is 15.0 Å². The van der Waals surface area contributed by atoms with Gasteiger partial charge in [-0.3, -0.25) is 4.79 Å². The van der Waals surface area contributed by atoms with Gasteiger partial charge in [0.05, 0.1) is 13.7 Å². The fourth-order valence-electron chi connectivity index (χ4n) is 4.04. The first-order chi connectivity index (χ1) is 14.3. The average molecular weight is 419 g/mol. The van der Waals surface area contributed by atoms with Crippen LogP contribution in [0.15, 0.2) is 28.8 Å². The second-order valence-electron chi connectivity index (χ2n) is 7.49. The Morgan fingerprint density at radius 1 is 1.33 bits per heavy atom. The van der Waals surface area contributed by atoms with Crippen LogP contribution in [-0.4, -0.2) is 72.3 Å². The molecular formula is C20H25N3O7. The number of fused-ring (bicyclic) bond motifs is 1. The highest BCUT2D eigenvalue weighted by molar-refractivity contribution is 5.99. The molecule has 0 unspecified atom stereocenters. The van der Waals surface area contributed by atoms with E-state index in [0.717, 1.165) is 20.0 Å². The minimum absolute atomic E-state index is 0.0520. The number of rotatable bonds is 5. The number of aliphatic hydroxyl groups excluding tert-OH is 1. The normalized spacial score (nSPS) is 22.2. The van der Waals surface area contributed by atoms with E-state index >= 15 is 0 Å². The first kappa shape index (κ1) is 21.6. The summed E-state index contributed by atoms with van der Waals surface area (Å²) in [5.41, 5.74) is 0.422. The monoisotopic (exact) mass is 419 g/mol. The van der Waals surface area contributed by atoms with Crippen molar-refractivity contribution < 1.29 is 34.2 Å². The van der Waals surface area contributed by atoms with Crippen LogP contribution in [0.25, 0.3) is 11.3 Å². The molecule has 30 heavy (non-hydrogen) atoms. The van der Waals surface area contributed by atoms with Crippen LogP contribution in [0.2, 0.25) is 0 Å². The zero-order valence-corrected chi connectivity index (χ0v) is 16.8. The molecule has 0 spiro atoms. The SMILES string of the molecule is CC(=O)O.COc1ccc(-c2onc(N3C[C@@H]4CNC[C@]4(CO)C3)c2C(=O)O)cc1. The van der Waals surface area contributed by atoms with Gasteiger partial charge in [0.2, 0.25) is 0 Å². The minimum Gasteiger partial charge on any atom is -0.497 e. The number of aliphatic hydroxyl groups is 1. The molecule has 2 fully saturated rings. The summed E-state index contributed by atoms with van der Waals surface area (Å²) in [6, 6.07) is 6.98. The smallest absolute Gasteiger partial charge is 0.343 e. The summed E-state index contributed by atoms with van der Waals surface area (Å²) >= 11 is 0. The Labute approximate surface area is 173 Å². The standard InChI is InChI=1S/C18H21N3O5.C2H4O2/c1-25-13-4-2-11(3-5-13)15-14(17(23)24)16(20-26-15)21-7-12-6-19-8-18(12,9-21)10-22;1-2(3)4/h2-5,12,19,22H,6-10H2,1H3,(H,23,24);1H3,(H,3,4)/t12-,18+;/m0./s1. The molecule has 2 atom stereocenters. The number of nitrogens with zero attached hydrogens (tertiary/aromatic N) is 2. The molecule has 0 bridgehead atoms. The Hall–Kier alpha value is -3.11. The Bertz CT molecular complexity index is 908. The first-order valence-corrected chi connectivity index (χ1v) is 9.44. The number of ether oxygens (including phenoxy) is 1. The molecule has 2 aliphatic heterocycles. The van der Waals surface area contributed by atoms with Crippen molar-refractivity contribution in [2.24, 2.45) is 11.3 Å². The second kappa shape index (κ2) is 8.72. The molecule has 2 saturated heterocycles. The van der Waals surface area contributed by atoms with Crippen molar-refractivity contribution in [1.82, 2.24) is 10.5 Å². The van der Waals surface area contributed by atoms with Gasteiger partial charge >= 0.3 is 5.97 Å². The molecule has 4 rings (SSSR count). The zero-order chi connectivity index (χ0) is 21.9. The van der Waals surface area contributed by atoms with Gasteiger partial charge in [-0.1, -0.05) is 5.16 Å². The van der Waals surface area contributed by atoms with E-state index in [-0.39, 0.29) is 29.3 Å². The van der Waals surface area contributed by atoms with Gasteiger partial charge in [-0.15, -0.1) is 0 Å². The van der Waals surface area contributed by atoms with E-state index < -0.39 is 11.9 Å². The van der Waals surface area contributed by atoms with Crippen LogP contribution in [-0.2, 0) is 4.79 Å². The number of carbonyl (C=O) groups is 2. The van der Waals surface area contributed by atoms with Crippen LogP contribution in [0.5, 0.6) is 5.75 Å². The quantitative estimate of drug-likeness (QED) is 0.557. The molecule has 0 radical (unpaired) electrons. The molecule has 1 aromatic carbocycles. The van der Waals surface area contributed by atoms with Gasteiger partial charge in [-0.25, -0.2) is 4.79 Å². The largest absolute Gasteiger partial charge is 0.497 e. The molecule has 10 nitrogen and oxygen atoms in total. The Morgan fingerprint density at radius 3 is 2.53 bits per heavy atom. The van der Waals surface area contributed by atoms with Crippen molar-refractivity contribution in [3.8, 4) is 17.1 Å². The maximum atomic E-state index is 11.9. The molecule has 0 saturated carbocycles. The number of anilines is 1. The Morgan fingerprint density at radius 2 is 2.00 bits per heavy atom. The molecule has 10 heteroatoms. The van der Waals surface area contributed by atoms with Gasteiger partial charge in [0.25, 0.3) is 5.97 Å². The average Bonchev–Trinajstić information content (AvgIpc) is 3.39. The number of benzene rings is 1. The fourth-order valence-corrected chi connectivity index (χ4v) is 4.04. The summed E-state index contributed by atoms with van der Waals surface area (Å²) in [7, 11) is 1.57. The molecular weight excluding hydrogens is 394 g/mol. The number of carboxylic acid groups (broad SMARTS) is 2.